The van der Waals surface area contributed by atoms with E-state index >= 15 is 0 Å². The maximum Gasteiger partial charge on any atom is 0.108 e. The summed E-state index contributed by atoms with van der Waals surface area (Å²) in [5.74, 6) is 34.7. The number of aliphatic hydroxyl groups is 2. The molecule has 0 spiro atoms. The first-order valence-corrected chi connectivity index (χ1v) is 22.0. The van der Waals surface area contributed by atoms with Crippen molar-refractivity contribution in [2.45, 2.75) is 97.3 Å². The monoisotopic (exact) mass is 933 g/mol. The van der Waals surface area contributed by atoms with E-state index in [4.69, 9.17) is 110 Å². The molecule has 0 heterocycles. The highest BCUT2D eigenvalue weighted by molar-refractivity contribution is 5.41. The van der Waals surface area contributed by atoms with Crippen LogP contribution in [0.25, 0.3) is 0 Å². The SMILES string of the molecule is C#CCC/C(C)=C(\C)CCC#C.C#CCCCC#C.C#CCCCCC#C.C#CCOCC#C.C#CCOCCCOCC#C.C#Cc1ccc(C#C)cc1.C#Cc1cccc(C#C)c1.OCCCO. The second kappa shape index (κ2) is 69.8. The zero-order chi connectivity index (χ0) is 54.0. The van der Waals surface area contributed by atoms with Crippen LogP contribution < -0.4 is 0 Å². The molecule has 70 heavy (non-hydrogen) atoms. The molecule has 2 N–H and O–H groups in total. The van der Waals surface area contributed by atoms with Crippen LogP contribution in [-0.2, 0) is 14.2 Å². The maximum absolute atomic E-state index is 7.91. The van der Waals surface area contributed by atoms with Crippen molar-refractivity contribution in [2.75, 3.05) is 52.9 Å². The van der Waals surface area contributed by atoms with Gasteiger partial charge < -0.3 is 24.4 Å². The number of hydrogen-bond donors (Lipinski definition) is 2. The zero-order valence-electron chi connectivity index (χ0n) is 41.7. The summed E-state index contributed by atoms with van der Waals surface area (Å²) in [5.41, 5.74) is 6.16. The number of benzene rings is 2. The molecule has 362 valence electrons. The summed E-state index contributed by atoms with van der Waals surface area (Å²) in [5, 5.41) is 15.8. The van der Waals surface area contributed by atoms with Gasteiger partial charge in [0.25, 0.3) is 0 Å². The molecule has 0 saturated carbocycles. The highest BCUT2D eigenvalue weighted by Crippen LogP contribution is 2.14. The van der Waals surface area contributed by atoms with E-state index in [1.54, 1.807) is 6.07 Å². The van der Waals surface area contributed by atoms with Crippen LogP contribution in [0.1, 0.15) is 120 Å². The normalized spacial score (nSPS) is 8.26. The van der Waals surface area contributed by atoms with E-state index in [1.807, 2.05) is 42.5 Å². The predicted octanol–water partition coefficient (Wildman–Crippen LogP) is 9.99. The molecule has 0 aliphatic rings. The third-order valence-electron chi connectivity index (χ3n) is 7.60. The van der Waals surface area contributed by atoms with Gasteiger partial charge in [0.15, 0.2) is 0 Å². The van der Waals surface area contributed by atoms with Gasteiger partial charge in [0.1, 0.15) is 26.4 Å². The largest absolute Gasteiger partial charge is 0.396 e. The van der Waals surface area contributed by atoms with Crippen LogP contribution in [0, 0.1) is 173 Å². The first kappa shape index (κ1) is 73.4. The van der Waals surface area contributed by atoms with Gasteiger partial charge >= 0.3 is 0 Å². The van der Waals surface area contributed by atoms with E-state index in [1.165, 1.54) is 11.1 Å². The van der Waals surface area contributed by atoms with E-state index < -0.39 is 0 Å². The molecule has 2 aromatic carbocycles. The van der Waals surface area contributed by atoms with Gasteiger partial charge in [-0.3, -0.25) is 0 Å². The molecular weight excluding hydrogens is 861 g/mol. The van der Waals surface area contributed by atoms with Crippen molar-refractivity contribution in [1.82, 2.24) is 0 Å². The highest BCUT2D eigenvalue weighted by atomic mass is 16.5. The van der Waals surface area contributed by atoms with Crippen molar-refractivity contribution in [2.24, 2.45) is 0 Å². The smallest absolute Gasteiger partial charge is 0.108 e. The molecule has 0 fully saturated rings. The van der Waals surface area contributed by atoms with Gasteiger partial charge in [-0.2, -0.15) is 0 Å². The molecule has 0 aliphatic heterocycles. The molecule has 0 amide bonds. The highest BCUT2D eigenvalue weighted by Gasteiger charge is 1.95. The Morgan fingerprint density at radius 2 is 0.686 bits per heavy atom. The fourth-order valence-electron chi connectivity index (χ4n) is 3.82. The van der Waals surface area contributed by atoms with Gasteiger partial charge in [0.2, 0.25) is 0 Å². The first-order valence-electron chi connectivity index (χ1n) is 22.0. The summed E-state index contributed by atoms with van der Waals surface area (Å²) in [7, 11) is 0. The van der Waals surface area contributed by atoms with Gasteiger partial charge in [-0.25, -0.2) is 0 Å². The van der Waals surface area contributed by atoms with Crippen LogP contribution in [-0.4, -0.2) is 63.1 Å². The van der Waals surface area contributed by atoms with Crippen molar-refractivity contribution < 1.29 is 24.4 Å². The molecule has 5 nitrogen and oxygen atoms in total. The Kier molecular flexibility index (Phi) is 73.2. The van der Waals surface area contributed by atoms with Crippen LogP contribution in [0.15, 0.2) is 59.7 Å². The van der Waals surface area contributed by atoms with Crippen molar-refractivity contribution in [1.29, 1.82) is 0 Å². The van der Waals surface area contributed by atoms with E-state index in [9.17, 15) is 0 Å². The van der Waals surface area contributed by atoms with Gasteiger partial charge in [0.05, 0.1) is 13.2 Å². The van der Waals surface area contributed by atoms with E-state index in [2.05, 4.69) is 101 Å². The molecule has 0 aliphatic carbocycles. The number of ether oxygens (including phenoxy) is 3. The quantitative estimate of drug-likeness (QED) is 0.0835. The fraction of sp³-hybridized carbons (Fsp3) is 0.354. The third-order valence-corrected chi connectivity index (χ3v) is 7.60. The summed E-state index contributed by atoms with van der Waals surface area (Å²) in [6, 6.07) is 14.7. The molecule has 0 saturated heterocycles. The van der Waals surface area contributed by atoms with Crippen LogP contribution in [0.5, 0.6) is 0 Å². The standard InChI is InChI=1S/C12H16.2C10H6.C9H12O2.C8H10.C7H8.C6H6O.C3H8O2/c1-5-7-9-11(3)12(4)10-8-6-2;1-3-9-5-7-10(4-2)8-6-9;1-3-9-6-5-7-10(4-2)8-9;1-3-6-10-8-5-9-11-7-4-2;1-3-5-7-8-6-4-2;2*1-3-5-7-6-4-2;4-2-1-3-5/h1-2H,7-10H2,3-4H3;2*1-2,5-8H;1-2H,5-9H2;1-2H,5-8H2;1-2H,5-7H2;1-2H,5-6H2;4-5H,1-3H2/b12-11+;;;;;;;. The van der Waals surface area contributed by atoms with E-state index in [0.717, 1.165) is 99.3 Å². The fourth-order valence-corrected chi connectivity index (χ4v) is 3.82. The minimum atomic E-state index is 0.0938. The Morgan fingerprint density at radius 1 is 0.371 bits per heavy atom. The molecule has 2 rings (SSSR count). The number of allylic oxidation sites excluding steroid dienone is 2. The average Bonchev–Trinajstić information content (AvgIpc) is 3.40. The molecule has 0 bridgehead atoms. The van der Waals surface area contributed by atoms with Crippen molar-refractivity contribution in [3.63, 3.8) is 0 Å². The van der Waals surface area contributed by atoms with E-state index in [0.29, 0.717) is 46.1 Å². The van der Waals surface area contributed by atoms with Gasteiger partial charge in [0, 0.05) is 74.0 Å². The Hall–Kier alpha value is -8.18. The number of unbranched alkanes of at least 4 members (excludes halogenated alkanes) is 5. The minimum Gasteiger partial charge on any atom is -0.396 e. The van der Waals surface area contributed by atoms with Crippen LogP contribution in [0.4, 0.5) is 0 Å². The van der Waals surface area contributed by atoms with Crippen molar-refractivity contribution in [3.05, 3.63) is 81.9 Å². The molecule has 0 radical (unpaired) electrons. The second-order valence-corrected chi connectivity index (χ2v) is 13.2. The number of rotatable bonds is 19. The maximum atomic E-state index is 7.91. The van der Waals surface area contributed by atoms with Crippen molar-refractivity contribution >= 4 is 0 Å². The summed E-state index contributed by atoms with van der Waals surface area (Å²) < 4.78 is 14.7. The Labute approximate surface area is 427 Å². The molecule has 0 atom stereocenters. The molecule has 0 unspecified atom stereocenters. The predicted molar refractivity (Wildman–Crippen MR) is 298 cm³/mol. The topological polar surface area (TPSA) is 68.2 Å². The first-order chi connectivity index (χ1) is 34.0. The van der Waals surface area contributed by atoms with Crippen LogP contribution in [0.3, 0.4) is 0 Å². The Balaban J connectivity index is -0.000000169. The lowest BCUT2D eigenvalue weighted by atomic mass is 10.0. The van der Waals surface area contributed by atoms with Crippen LogP contribution >= 0.6 is 0 Å². The summed E-state index contributed by atoms with van der Waals surface area (Å²) in [6.07, 6.45) is 81.9. The van der Waals surface area contributed by atoms with E-state index in [-0.39, 0.29) is 13.2 Å². The average molecular weight is 933 g/mol. The van der Waals surface area contributed by atoms with Gasteiger partial charge in [-0.05, 0) is 101 Å². The lowest BCUT2D eigenvalue weighted by Gasteiger charge is -2.03. The molecule has 2 aromatic rings. The number of terminal acetylenes is 14. The summed E-state index contributed by atoms with van der Waals surface area (Å²) in [4.78, 5) is 0. The molecule has 0 aromatic heterocycles. The van der Waals surface area contributed by atoms with Crippen LogP contribution in [0.2, 0.25) is 0 Å². The zero-order valence-corrected chi connectivity index (χ0v) is 41.7. The third kappa shape index (κ3) is 68.9. The second-order valence-electron chi connectivity index (χ2n) is 13.2. The Bertz CT molecular complexity index is 2040. The number of aliphatic hydroxyl groups excluding tert-OH is 2. The number of hydrogen-bond acceptors (Lipinski definition) is 5. The molecular formula is C65H72O5. The summed E-state index contributed by atoms with van der Waals surface area (Å²) >= 11 is 0. The van der Waals surface area contributed by atoms with Gasteiger partial charge in [-0.1, -0.05) is 64.6 Å². The Morgan fingerprint density at radius 3 is 0.957 bits per heavy atom. The van der Waals surface area contributed by atoms with Gasteiger partial charge in [-0.15, -0.1) is 125 Å². The minimum absolute atomic E-state index is 0.0938. The molecule has 5 heteroatoms. The lowest BCUT2D eigenvalue weighted by Crippen LogP contribution is -2.01. The van der Waals surface area contributed by atoms with Crippen molar-refractivity contribution in [3.8, 4) is 173 Å². The summed E-state index contributed by atoms with van der Waals surface area (Å²) in [6.45, 7) is 7.07. The lowest BCUT2D eigenvalue weighted by molar-refractivity contribution is 0.111.